The van der Waals surface area contributed by atoms with Gasteiger partial charge in [0, 0.05) is 36.9 Å². The molecule has 0 aromatic heterocycles. The molecule has 2 aliphatic heterocycles. The number of carbonyl (C=O) groups excluding carboxylic acids is 2. The molecular formula is C20H30ClN3O4. The van der Waals surface area contributed by atoms with Gasteiger partial charge in [-0.3, -0.25) is 9.59 Å². The Kier molecular flexibility index (Phi) is 8.69. The number of benzene rings is 1. The summed E-state index contributed by atoms with van der Waals surface area (Å²) in [7, 11) is 1.70. The first kappa shape index (κ1) is 22.6. The maximum absolute atomic E-state index is 12.6. The summed E-state index contributed by atoms with van der Waals surface area (Å²) in [5, 5.41) is 9.23. The molecule has 3 N–H and O–H groups in total. The molecule has 0 radical (unpaired) electrons. The molecule has 1 unspecified atom stereocenters. The fourth-order valence-corrected chi connectivity index (χ4v) is 3.75. The van der Waals surface area contributed by atoms with Gasteiger partial charge in [0.25, 0.3) is 11.8 Å². The molecule has 1 atom stereocenters. The summed E-state index contributed by atoms with van der Waals surface area (Å²) in [6.07, 6.45) is 3.19. The minimum absolute atomic E-state index is 0. The number of ether oxygens (including phenoxy) is 2. The Bertz CT molecular complexity index is 653. The first-order valence-electron chi connectivity index (χ1n) is 9.62. The number of anilines is 1. The van der Waals surface area contributed by atoms with Crippen LogP contribution in [0.2, 0.25) is 0 Å². The molecule has 2 amide bonds. The molecule has 0 saturated carbocycles. The van der Waals surface area contributed by atoms with Gasteiger partial charge in [0.2, 0.25) is 0 Å². The fourth-order valence-electron chi connectivity index (χ4n) is 3.75. The van der Waals surface area contributed by atoms with Gasteiger partial charge in [-0.05, 0) is 57.0 Å². The number of carbonyl (C=O) groups is 2. The van der Waals surface area contributed by atoms with E-state index < -0.39 is 6.10 Å². The van der Waals surface area contributed by atoms with E-state index in [1.807, 2.05) is 0 Å². The van der Waals surface area contributed by atoms with Crippen LogP contribution in [0.25, 0.3) is 0 Å². The van der Waals surface area contributed by atoms with Crippen LogP contribution < -0.4 is 16.0 Å². The van der Waals surface area contributed by atoms with E-state index in [-0.39, 0.29) is 29.6 Å². The first-order valence-corrected chi connectivity index (χ1v) is 9.62. The summed E-state index contributed by atoms with van der Waals surface area (Å²) in [4.78, 5) is 24.8. The van der Waals surface area contributed by atoms with Crippen molar-refractivity contribution in [2.75, 3.05) is 45.3 Å². The summed E-state index contributed by atoms with van der Waals surface area (Å²) in [6, 6.07) is 7.01. The van der Waals surface area contributed by atoms with Gasteiger partial charge in [-0.25, -0.2) is 0 Å². The SMILES string of the molecule is COCC1(CNC(=O)c2cccc(NC(=O)C3CCCO3)c2)CCNCC1.Cl. The number of piperidine rings is 1. The van der Waals surface area contributed by atoms with Crippen molar-refractivity contribution in [3.63, 3.8) is 0 Å². The van der Waals surface area contributed by atoms with Crippen molar-refractivity contribution in [3.8, 4) is 0 Å². The Morgan fingerprint density at radius 3 is 2.79 bits per heavy atom. The highest BCUT2D eigenvalue weighted by Crippen LogP contribution is 2.28. The number of methoxy groups -OCH3 is 1. The van der Waals surface area contributed by atoms with Gasteiger partial charge in [0.15, 0.2) is 0 Å². The Labute approximate surface area is 172 Å². The van der Waals surface area contributed by atoms with Gasteiger partial charge < -0.3 is 25.4 Å². The number of hydrogen-bond donors (Lipinski definition) is 3. The molecule has 0 bridgehead atoms. The zero-order valence-electron chi connectivity index (χ0n) is 16.3. The second-order valence-corrected chi connectivity index (χ2v) is 7.44. The molecule has 8 heteroatoms. The van der Waals surface area contributed by atoms with E-state index in [0.717, 1.165) is 38.8 Å². The molecule has 0 spiro atoms. The van der Waals surface area contributed by atoms with Crippen molar-refractivity contribution >= 4 is 29.9 Å². The molecule has 2 heterocycles. The summed E-state index contributed by atoms with van der Waals surface area (Å²) in [5.74, 6) is -0.295. The molecule has 1 aromatic carbocycles. The average molecular weight is 412 g/mol. The maximum atomic E-state index is 12.6. The summed E-state index contributed by atoms with van der Waals surface area (Å²) in [5.41, 5.74) is 1.11. The van der Waals surface area contributed by atoms with Crippen LogP contribution >= 0.6 is 12.4 Å². The van der Waals surface area contributed by atoms with Crippen LogP contribution in [-0.4, -0.2) is 57.9 Å². The first-order chi connectivity index (χ1) is 13.1. The van der Waals surface area contributed by atoms with E-state index in [4.69, 9.17) is 9.47 Å². The number of nitrogens with one attached hydrogen (secondary N) is 3. The lowest BCUT2D eigenvalue weighted by molar-refractivity contribution is -0.124. The molecule has 2 saturated heterocycles. The van der Waals surface area contributed by atoms with Gasteiger partial charge in [0.1, 0.15) is 6.10 Å². The molecule has 3 rings (SSSR count). The second-order valence-electron chi connectivity index (χ2n) is 7.44. The fraction of sp³-hybridized carbons (Fsp3) is 0.600. The predicted octanol–water partition coefficient (Wildman–Crippen LogP) is 1.97. The monoisotopic (exact) mass is 411 g/mol. The lowest BCUT2D eigenvalue weighted by Crippen LogP contribution is -2.47. The minimum atomic E-state index is -0.392. The summed E-state index contributed by atoms with van der Waals surface area (Å²) >= 11 is 0. The van der Waals surface area contributed by atoms with Crippen molar-refractivity contribution in [2.24, 2.45) is 5.41 Å². The van der Waals surface area contributed by atoms with Crippen molar-refractivity contribution in [1.29, 1.82) is 0 Å². The second kappa shape index (κ2) is 10.8. The Balaban J connectivity index is 0.00000280. The van der Waals surface area contributed by atoms with Crippen molar-refractivity contribution in [1.82, 2.24) is 10.6 Å². The van der Waals surface area contributed by atoms with Crippen LogP contribution in [0.4, 0.5) is 5.69 Å². The van der Waals surface area contributed by atoms with E-state index in [1.54, 1.807) is 31.4 Å². The highest BCUT2D eigenvalue weighted by molar-refractivity contribution is 5.98. The van der Waals surface area contributed by atoms with Crippen LogP contribution in [0.3, 0.4) is 0 Å². The van der Waals surface area contributed by atoms with E-state index >= 15 is 0 Å². The Hall–Kier alpha value is -1.67. The lowest BCUT2D eigenvalue weighted by atomic mass is 9.79. The average Bonchev–Trinajstić information content (AvgIpc) is 3.22. The lowest BCUT2D eigenvalue weighted by Gasteiger charge is -2.37. The minimum Gasteiger partial charge on any atom is -0.384 e. The molecule has 7 nitrogen and oxygen atoms in total. The molecule has 2 aliphatic rings. The van der Waals surface area contributed by atoms with E-state index in [2.05, 4.69) is 16.0 Å². The molecule has 28 heavy (non-hydrogen) atoms. The molecule has 0 aliphatic carbocycles. The zero-order valence-corrected chi connectivity index (χ0v) is 17.1. The number of amides is 2. The maximum Gasteiger partial charge on any atom is 0.253 e. The highest BCUT2D eigenvalue weighted by Gasteiger charge is 2.32. The highest BCUT2D eigenvalue weighted by atomic mass is 35.5. The van der Waals surface area contributed by atoms with E-state index in [1.165, 1.54) is 0 Å². The standard InChI is InChI=1S/C20H29N3O4.ClH/c1-26-14-20(7-9-21-10-8-20)13-22-18(24)15-4-2-5-16(12-15)23-19(25)17-6-3-11-27-17;/h2,4-5,12,17,21H,3,6-11,13-14H2,1H3,(H,22,24)(H,23,25);1H. The largest absolute Gasteiger partial charge is 0.384 e. The smallest absolute Gasteiger partial charge is 0.253 e. The van der Waals surface area contributed by atoms with Gasteiger partial charge >= 0.3 is 0 Å². The summed E-state index contributed by atoms with van der Waals surface area (Å²) in [6.45, 7) is 3.70. The normalized spacial score (nSPS) is 20.8. The van der Waals surface area contributed by atoms with Gasteiger partial charge in [-0.15, -0.1) is 12.4 Å². The van der Waals surface area contributed by atoms with Crippen molar-refractivity contribution in [3.05, 3.63) is 29.8 Å². The third-order valence-corrected chi connectivity index (χ3v) is 5.35. The van der Waals surface area contributed by atoms with E-state index in [9.17, 15) is 9.59 Å². The third kappa shape index (κ3) is 5.91. The molecular weight excluding hydrogens is 382 g/mol. The molecule has 1 aromatic rings. The Morgan fingerprint density at radius 2 is 2.11 bits per heavy atom. The predicted molar refractivity (Wildman–Crippen MR) is 110 cm³/mol. The number of halogens is 1. The summed E-state index contributed by atoms with van der Waals surface area (Å²) < 4.78 is 10.8. The van der Waals surface area contributed by atoms with Crippen LogP contribution in [0.5, 0.6) is 0 Å². The zero-order chi connectivity index (χ0) is 19.1. The van der Waals surface area contributed by atoms with Gasteiger partial charge in [-0.1, -0.05) is 6.07 Å². The van der Waals surface area contributed by atoms with E-state index in [0.29, 0.717) is 31.0 Å². The van der Waals surface area contributed by atoms with Gasteiger partial charge in [0.05, 0.1) is 6.61 Å². The Morgan fingerprint density at radius 1 is 1.32 bits per heavy atom. The quantitative estimate of drug-likeness (QED) is 0.638. The van der Waals surface area contributed by atoms with Crippen molar-refractivity contribution < 1.29 is 19.1 Å². The van der Waals surface area contributed by atoms with Crippen LogP contribution in [0, 0.1) is 5.41 Å². The van der Waals surface area contributed by atoms with Crippen LogP contribution in [0.1, 0.15) is 36.0 Å². The number of hydrogen-bond acceptors (Lipinski definition) is 5. The third-order valence-electron chi connectivity index (χ3n) is 5.35. The van der Waals surface area contributed by atoms with Crippen molar-refractivity contribution in [2.45, 2.75) is 31.8 Å². The molecule has 156 valence electrons. The van der Waals surface area contributed by atoms with Crippen LogP contribution in [-0.2, 0) is 14.3 Å². The molecule has 2 fully saturated rings. The van der Waals surface area contributed by atoms with Gasteiger partial charge in [-0.2, -0.15) is 0 Å². The van der Waals surface area contributed by atoms with Crippen LogP contribution in [0.15, 0.2) is 24.3 Å². The topological polar surface area (TPSA) is 88.7 Å². The number of rotatable bonds is 7.